The highest BCUT2D eigenvalue weighted by Gasteiger charge is 2.22. The van der Waals surface area contributed by atoms with E-state index in [1.54, 1.807) is 24.9 Å². The third-order valence-corrected chi connectivity index (χ3v) is 5.06. The van der Waals surface area contributed by atoms with Gasteiger partial charge in [0, 0.05) is 42.4 Å². The van der Waals surface area contributed by atoms with Gasteiger partial charge in [-0.25, -0.2) is 9.97 Å². The third kappa shape index (κ3) is 3.78. The van der Waals surface area contributed by atoms with Gasteiger partial charge < -0.3 is 9.42 Å². The molecule has 28 heavy (non-hydrogen) atoms. The Morgan fingerprint density at radius 2 is 2.00 bits per heavy atom. The zero-order valence-corrected chi connectivity index (χ0v) is 16.3. The Morgan fingerprint density at radius 3 is 2.68 bits per heavy atom. The standard InChI is InChI=1S/C21H23N5O2/c1-13-10-18(15-6-4-7-15)24-20(22-13)16-8-5-9-17(11-16)21(27)26(3)12-19-23-14(2)28-25-19/h5,8-11,15H,4,6-7,12H2,1-3H3. The van der Waals surface area contributed by atoms with Crippen LogP contribution in [0.1, 0.15) is 58.6 Å². The molecular weight excluding hydrogens is 354 g/mol. The van der Waals surface area contributed by atoms with Crippen LogP contribution in [-0.2, 0) is 6.54 Å². The van der Waals surface area contributed by atoms with Gasteiger partial charge in [-0.15, -0.1) is 0 Å². The predicted octanol–water partition coefficient (Wildman–Crippen LogP) is 3.68. The molecule has 0 saturated heterocycles. The van der Waals surface area contributed by atoms with Gasteiger partial charge in [0.15, 0.2) is 11.6 Å². The number of carbonyl (C=O) groups is 1. The number of hydrogen-bond acceptors (Lipinski definition) is 6. The van der Waals surface area contributed by atoms with Crippen molar-refractivity contribution in [1.82, 2.24) is 25.0 Å². The van der Waals surface area contributed by atoms with Crippen LogP contribution in [-0.4, -0.2) is 38.0 Å². The van der Waals surface area contributed by atoms with Crippen LogP contribution in [0.3, 0.4) is 0 Å². The number of rotatable bonds is 5. The van der Waals surface area contributed by atoms with Crippen molar-refractivity contribution in [3.05, 3.63) is 59.0 Å². The Labute approximate surface area is 163 Å². The van der Waals surface area contributed by atoms with Gasteiger partial charge in [0.2, 0.25) is 5.89 Å². The van der Waals surface area contributed by atoms with E-state index < -0.39 is 0 Å². The fourth-order valence-corrected chi connectivity index (χ4v) is 3.34. The highest BCUT2D eigenvalue weighted by atomic mass is 16.5. The molecule has 1 aliphatic carbocycles. The Kier molecular flexibility index (Phi) is 4.90. The van der Waals surface area contributed by atoms with Gasteiger partial charge in [-0.1, -0.05) is 23.7 Å². The minimum Gasteiger partial charge on any atom is -0.340 e. The molecule has 1 aromatic carbocycles. The van der Waals surface area contributed by atoms with E-state index in [0.29, 0.717) is 29.0 Å². The number of hydrogen-bond donors (Lipinski definition) is 0. The molecule has 0 N–H and O–H groups in total. The van der Waals surface area contributed by atoms with Crippen LogP contribution in [0.15, 0.2) is 34.9 Å². The smallest absolute Gasteiger partial charge is 0.254 e. The minimum atomic E-state index is -0.115. The van der Waals surface area contributed by atoms with Crippen molar-refractivity contribution < 1.29 is 9.32 Å². The molecule has 0 radical (unpaired) electrons. The van der Waals surface area contributed by atoms with Gasteiger partial charge >= 0.3 is 0 Å². The quantitative estimate of drug-likeness (QED) is 0.674. The van der Waals surface area contributed by atoms with Gasteiger partial charge in [-0.3, -0.25) is 4.79 Å². The van der Waals surface area contributed by atoms with Crippen LogP contribution in [0.4, 0.5) is 0 Å². The highest BCUT2D eigenvalue weighted by Crippen LogP contribution is 2.36. The largest absolute Gasteiger partial charge is 0.340 e. The maximum Gasteiger partial charge on any atom is 0.254 e. The SMILES string of the molecule is Cc1cc(C2CCC2)nc(-c2cccc(C(=O)N(C)Cc3noc(C)n3)c2)n1. The summed E-state index contributed by atoms with van der Waals surface area (Å²) in [6.07, 6.45) is 3.64. The first-order valence-electron chi connectivity index (χ1n) is 9.50. The van der Waals surface area contributed by atoms with Crippen molar-refractivity contribution in [3.8, 4) is 11.4 Å². The molecule has 1 fully saturated rings. The molecule has 144 valence electrons. The number of aromatic nitrogens is 4. The monoisotopic (exact) mass is 377 g/mol. The average molecular weight is 377 g/mol. The molecule has 0 unspecified atom stereocenters. The summed E-state index contributed by atoms with van der Waals surface area (Å²) in [4.78, 5) is 27.9. The fourth-order valence-electron chi connectivity index (χ4n) is 3.34. The molecular formula is C21H23N5O2. The fraction of sp³-hybridized carbons (Fsp3) is 0.381. The highest BCUT2D eigenvalue weighted by molar-refractivity contribution is 5.95. The zero-order chi connectivity index (χ0) is 19.7. The van der Waals surface area contributed by atoms with E-state index in [1.807, 2.05) is 25.1 Å². The Balaban J connectivity index is 1.57. The van der Waals surface area contributed by atoms with Crippen LogP contribution in [0.2, 0.25) is 0 Å². The minimum absolute atomic E-state index is 0.115. The van der Waals surface area contributed by atoms with Gasteiger partial charge in [-0.05, 0) is 38.0 Å². The summed E-state index contributed by atoms with van der Waals surface area (Å²) in [7, 11) is 1.72. The summed E-state index contributed by atoms with van der Waals surface area (Å²) < 4.78 is 4.97. The van der Waals surface area contributed by atoms with Crippen molar-refractivity contribution in [2.24, 2.45) is 0 Å². The molecule has 2 heterocycles. The maximum atomic E-state index is 12.8. The van der Waals surface area contributed by atoms with E-state index in [2.05, 4.69) is 21.2 Å². The lowest BCUT2D eigenvalue weighted by molar-refractivity contribution is 0.0780. The second-order valence-electron chi connectivity index (χ2n) is 7.36. The van der Waals surface area contributed by atoms with Crippen LogP contribution < -0.4 is 0 Å². The number of amides is 1. The molecule has 3 aromatic rings. The second-order valence-corrected chi connectivity index (χ2v) is 7.36. The number of nitrogens with zero attached hydrogens (tertiary/aromatic N) is 5. The van der Waals surface area contributed by atoms with Crippen LogP contribution in [0.25, 0.3) is 11.4 Å². The number of benzene rings is 1. The molecule has 1 aliphatic rings. The van der Waals surface area contributed by atoms with Crippen LogP contribution in [0.5, 0.6) is 0 Å². The van der Waals surface area contributed by atoms with Gasteiger partial charge in [0.25, 0.3) is 5.91 Å². The van der Waals surface area contributed by atoms with E-state index in [-0.39, 0.29) is 12.5 Å². The number of carbonyl (C=O) groups excluding carboxylic acids is 1. The maximum absolute atomic E-state index is 12.8. The molecule has 0 aliphatic heterocycles. The van der Waals surface area contributed by atoms with E-state index >= 15 is 0 Å². The molecule has 2 aromatic heterocycles. The topological polar surface area (TPSA) is 85.0 Å². The van der Waals surface area contributed by atoms with Crippen molar-refractivity contribution in [1.29, 1.82) is 0 Å². The second kappa shape index (κ2) is 7.50. The van der Waals surface area contributed by atoms with E-state index in [1.165, 1.54) is 19.3 Å². The molecule has 0 bridgehead atoms. The van der Waals surface area contributed by atoms with Crippen molar-refractivity contribution in [2.45, 2.75) is 45.6 Å². The van der Waals surface area contributed by atoms with Crippen LogP contribution in [0, 0.1) is 13.8 Å². The number of aryl methyl sites for hydroxylation is 2. The average Bonchev–Trinajstić information content (AvgIpc) is 3.04. The van der Waals surface area contributed by atoms with Gasteiger partial charge in [0.1, 0.15) is 0 Å². The summed E-state index contributed by atoms with van der Waals surface area (Å²) >= 11 is 0. The summed E-state index contributed by atoms with van der Waals surface area (Å²) in [6.45, 7) is 4.00. The molecule has 1 saturated carbocycles. The molecule has 0 atom stereocenters. The normalized spacial score (nSPS) is 14.0. The van der Waals surface area contributed by atoms with Crippen molar-refractivity contribution in [3.63, 3.8) is 0 Å². The Morgan fingerprint density at radius 1 is 1.18 bits per heavy atom. The molecule has 1 amide bonds. The van der Waals surface area contributed by atoms with E-state index in [0.717, 1.165) is 17.0 Å². The van der Waals surface area contributed by atoms with E-state index in [4.69, 9.17) is 9.51 Å². The molecule has 7 nitrogen and oxygen atoms in total. The van der Waals surface area contributed by atoms with E-state index in [9.17, 15) is 4.79 Å². The van der Waals surface area contributed by atoms with Gasteiger partial charge in [0.05, 0.1) is 6.54 Å². The summed E-state index contributed by atoms with van der Waals surface area (Å²) in [5.41, 5.74) is 3.48. The lowest BCUT2D eigenvalue weighted by Crippen LogP contribution is -2.26. The lowest BCUT2D eigenvalue weighted by Gasteiger charge is -2.25. The van der Waals surface area contributed by atoms with Gasteiger partial charge in [-0.2, -0.15) is 4.98 Å². The molecule has 0 spiro atoms. The first-order chi connectivity index (χ1) is 13.5. The Bertz CT molecular complexity index is 1010. The third-order valence-electron chi connectivity index (χ3n) is 5.06. The summed E-state index contributed by atoms with van der Waals surface area (Å²) in [5, 5.41) is 3.85. The van der Waals surface area contributed by atoms with Crippen LogP contribution >= 0.6 is 0 Å². The summed E-state index contributed by atoms with van der Waals surface area (Å²) in [6, 6.07) is 9.53. The molecule has 7 heteroatoms. The Hall–Kier alpha value is -3.09. The van der Waals surface area contributed by atoms with Crippen molar-refractivity contribution in [2.75, 3.05) is 7.05 Å². The first-order valence-corrected chi connectivity index (χ1v) is 9.50. The lowest BCUT2D eigenvalue weighted by atomic mass is 9.82. The predicted molar refractivity (Wildman–Crippen MR) is 104 cm³/mol. The first kappa shape index (κ1) is 18.3. The zero-order valence-electron chi connectivity index (χ0n) is 16.3. The summed E-state index contributed by atoms with van der Waals surface area (Å²) in [5.74, 6) is 2.06. The van der Waals surface area contributed by atoms with Crippen molar-refractivity contribution >= 4 is 5.91 Å². The molecule has 4 rings (SSSR count).